The van der Waals surface area contributed by atoms with E-state index < -0.39 is 17.5 Å². The maximum atomic E-state index is 11.5. The Labute approximate surface area is 75.5 Å². The molecule has 1 fully saturated rings. The lowest BCUT2D eigenvalue weighted by Crippen LogP contribution is -2.40. The van der Waals surface area contributed by atoms with Crippen LogP contribution < -0.4 is 0 Å². The first-order valence-corrected chi connectivity index (χ1v) is 4.10. The molecular weight excluding hydrogens is 172 g/mol. The Hall–Kier alpha value is -1.32. The van der Waals surface area contributed by atoms with Crippen LogP contribution in [0.1, 0.15) is 13.3 Å². The quantitative estimate of drug-likeness (QED) is 0.435. The molecule has 2 rings (SSSR count). The molecule has 0 spiro atoms. The van der Waals surface area contributed by atoms with Gasteiger partial charge in [0.15, 0.2) is 11.7 Å². The summed E-state index contributed by atoms with van der Waals surface area (Å²) in [5, 5.41) is 0. The van der Waals surface area contributed by atoms with Gasteiger partial charge in [-0.3, -0.25) is 9.59 Å². The Kier molecular flexibility index (Phi) is 1.49. The summed E-state index contributed by atoms with van der Waals surface area (Å²) < 4.78 is 9.87. The van der Waals surface area contributed by atoms with Gasteiger partial charge in [0.05, 0.1) is 7.11 Å². The standard InChI is InChI=1S/C9H10O4/c1-9-4-3-5(13-9)7(10)6(9)8(11)12-2/h3,6H,4H2,1-2H3. The summed E-state index contributed by atoms with van der Waals surface area (Å²) in [6.45, 7) is 1.75. The first-order chi connectivity index (χ1) is 6.08. The van der Waals surface area contributed by atoms with Crippen molar-refractivity contribution in [3.8, 4) is 0 Å². The second-order valence-electron chi connectivity index (χ2n) is 3.51. The first-order valence-electron chi connectivity index (χ1n) is 4.10. The minimum Gasteiger partial charge on any atom is -0.482 e. The van der Waals surface area contributed by atoms with Crippen molar-refractivity contribution in [3.63, 3.8) is 0 Å². The van der Waals surface area contributed by atoms with E-state index in [1.54, 1.807) is 13.0 Å². The molecule has 4 heteroatoms. The van der Waals surface area contributed by atoms with Crippen LogP contribution in [0, 0.1) is 5.92 Å². The summed E-state index contributed by atoms with van der Waals surface area (Å²) in [6, 6.07) is 0. The smallest absolute Gasteiger partial charge is 0.320 e. The average molecular weight is 182 g/mol. The molecule has 2 aliphatic rings. The zero-order valence-electron chi connectivity index (χ0n) is 7.49. The molecule has 0 saturated carbocycles. The monoisotopic (exact) mass is 182 g/mol. The number of hydrogen-bond donors (Lipinski definition) is 0. The van der Waals surface area contributed by atoms with Crippen LogP contribution in [0.15, 0.2) is 11.8 Å². The zero-order valence-corrected chi connectivity index (χ0v) is 7.49. The number of hydrogen-bond acceptors (Lipinski definition) is 4. The molecule has 0 aromatic heterocycles. The lowest BCUT2D eigenvalue weighted by atomic mass is 9.82. The highest BCUT2D eigenvalue weighted by atomic mass is 16.5. The molecular formula is C9H10O4. The second kappa shape index (κ2) is 2.34. The number of methoxy groups -OCH3 is 1. The molecule has 0 aromatic carbocycles. The Morgan fingerprint density at radius 3 is 2.92 bits per heavy atom. The summed E-state index contributed by atoms with van der Waals surface area (Å²) in [6.07, 6.45) is 2.33. The molecule has 2 atom stereocenters. The SMILES string of the molecule is COC(=O)C1C(=O)C2=CCC1(C)O2. The minimum atomic E-state index is -0.766. The van der Waals surface area contributed by atoms with Gasteiger partial charge in [-0.25, -0.2) is 0 Å². The number of allylic oxidation sites excluding steroid dienone is 1. The number of Topliss-reactive ketones (excluding diaryl/α,β-unsaturated/α-hetero) is 1. The largest absolute Gasteiger partial charge is 0.482 e. The highest BCUT2D eigenvalue weighted by Gasteiger charge is 2.57. The van der Waals surface area contributed by atoms with Gasteiger partial charge >= 0.3 is 5.97 Å². The minimum absolute atomic E-state index is 0.249. The summed E-state index contributed by atoms with van der Waals surface area (Å²) in [5.41, 5.74) is -0.695. The Morgan fingerprint density at radius 1 is 1.77 bits per heavy atom. The molecule has 4 nitrogen and oxygen atoms in total. The van der Waals surface area contributed by atoms with Crippen molar-refractivity contribution in [1.29, 1.82) is 0 Å². The molecule has 1 saturated heterocycles. The maximum Gasteiger partial charge on any atom is 0.320 e. The van der Waals surface area contributed by atoms with Crippen molar-refractivity contribution < 1.29 is 19.1 Å². The molecule has 0 aromatic rings. The van der Waals surface area contributed by atoms with Crippen LogP contribution in [-0.4, -0.2) is 24.5 Å². The summed E-state index contributed by atoms with van der Waals surface area (Å²) >= 11 is 0. The molecule has 2 heterocycles. The normalized spacial score (nSPS) is 35.7. The molecule has 0 N–H and O–H groups in total. The van der Waals surface area contributed by atoms with Crippen LogP contribution in [0.3, 0.4) is 0 Å². The van der Waals surface area contributed by atoms with E-state index in [1.165, 1.54) is 7.11 Å². The maximum absolute atomic E-state index is 11.5. The molecule has 70 valence electrons. The van der Waals surface area contributed by atoms with Crippen molar-refractivity contribution >= 4 is 11.8 Å². The van der Waals surface area contributed by atoms with E-state index in [2.05, 4.69) is 4.74 Å². The fourth-order valence-electron chi connectivity index (χ4n) is 1.85. The van der Waals surface area contributed by atoms with Crippen LogP contribution in [0.4, 0.5) is 0 Å². The zero-order chi connectivity index (χ0) is 9.64. The number of carbonyl (C=O) groups excluding carboxylic acids is 2. The number of esters is 1. The summed E-state index contributed by atoms with van der Waals surface area (Å²) in [4.78, 5) is 22.7. The van der Waals surface area contributed by atoms with Gasteiger partial charge in [-0.2, -0.15) is 0 Å². The Morgan fingerprint density at radius 2 is 2.46 bits per heavy atom. The van der Waals surface area contributed by atoms with Crippen molar-refractivity contribution in [1.82, 2.24) is 0 Å². The number of ether oxygens (including phenoxy) is 2. The lowest BCUT2D eigenvalue weighted by molar-refractivity contribution is -0.152. The third-order valence-corrected chi connectivity index (χ3v) is 2.59. The Balaban J connectivity index is 2.35. The first kappa shape index (κ1) is 8.29. The van der Waals surface area contributed by atoms with Crippen LogP contribution in [-0.2, 0) is 19.1 Å². The highest BCUT2D eigenvalue weighted by Crippen LogP contribution is 2.44. The van der Waals surface area contributed by atoms with Gasteiger partial charge in [-0.1, -0.05) is 0 Å². The third-order valence-electron chi connectivity index (χ3n) is 2.59. The van der Waals surface area contributed by atoms with Gasteiger partial charge in [-0.05, 0) is 13.0 Å². The molecule has 2 unspecified atom stereocenters. The fourth-order valence-corrected chi connectivity index (χ4v) is 1.85. The van der Waals surface area contributed by atoms with Crippen LogP contribution in [0.2, 0.25) is 0 Å². The van der Waals surface area contributed by atoms with E-state index in [1.807, 2.05) is 0 Å². The molecule has 0 aliphatic carbocycles. The summed E-state index contributed by atoms with van der Waals surface area (Å²) in [7, 11) is 1.28. The van der Waals surface area contributed by atoms with Crippen molar-refractivity contribution in [2.24, 2.45) is 5.92 Å². The van der Waals surface area contributed by atoms with Gasteiger partial charge in [0, 0.05) is 6.42 Å². The predicted molar refractivity (Wildman–Crippen MR) is 42.7 cm³/mol. The van der Waals surface area contributed by atoms with Crippen molar-refractivity contribution in [3.05, 3.63) is 11.8 Å². The Bertz CT molecular complexity index is 318. The predicted octanol–water partition coefficient (Wildman–Crippen LogP) is 0.421. The van der Waals surface area contributed by atoms with Gasteiger partial charge in [0.25, 0.3) is 0 Å². The average Bonchev–Trinajstić information content (AvgIpc) is 2.57. The number of ketones is 1. The van der Waals surface area contributed by atoms with E-state index in [4.69, 9.17) is 4.74 Å². The number of fused-ring (bicyclic) bond motifs is 2. The van der Waals surface area contributed by atoms with Crippen LogP contribution in [0.5, 0.6) is 0 Å². The van der Waals surface area contributed by atoms with E-state index in [9.17, 15) is 9.59 Å². The molecule has 2 aliphatic heterocycles. The highest BCUT2D eigenvalue weighted by molar-refractivity contribution is 6.11. The summed E-state index contributed by atoms with van der Waals surface area (Å²) in [5.74, 6) is -1.20. The van der Waals surface area contributed by atoms with Crippen molar-refractivity contribution in [2.75, 3.05) is 7.11 Å². The van der Waals surface area contributed by atoms with Crippen LogP contribution >= 0.6 is 0 Å². The fraction of sp³-hybridized carbons (Fsp3) is 0.556. The number of carbonyl (C=O) groups is 2. The lowest BCUT2D eigenvalue weighted by Gasteiger charge is -2.23. The van der Waals surface area contributed by atoms with E-state index in [0.29, 0.717) is 12.2 Å². The van der Waals surface area contributed by atoms with E-state index in [-0.39, 0.29) is 5.78 Å². The molecule has 13 heavy (non-hydrogen) atoms. The van der Waals surface area contributed by atoms with Crippen LogP contribution in [0.25, 0.3) is 0 Å². The topological polar surface area (TPSA) is 52.6 Å². The van der Waals surface area contributed by atoms with Gasteiger partial charge < -0.3 is 9.47 Å². The van der Waals surface area contributed by atoms with E-state index in [0.717, 1.165) is 0 Å². The van der Waals surface area contributed by atoms with Gasteiger partial charge in [0.1, 0.15) is 5.60 Å². The third kappa shape index (κ3) is 0.913. The molecule has 0 amide bonds. The molecule has 0 radical (unpaired) electrons. The second-order valence-corrected chi connectivity index (χ2v) is 3.51. The van der Waals surface area contributed by atoms with E-state index >= 15 is 0 Å². The number of rotatable bonds is 1. The van der Waals surface area contributed by atoms with Gasteiger partial charge in [-0.15, -0.1) is 0 Å². The van der Waals surface area contributed by atoms with Crippen molar-refractivity contribution in [2.45, 2.75) is 18.9 Å². The van der Waals surface area contributed by atoms with Gasteiger partial charge in [0.2, 0.25) is 5.78 Å². The molecule has 2 bridgehead atoms.